The smallest absolute Gasteiger partial charge is 0.140 e. The summed E-state index contributed by atoms with van der Waals surface area (Å²) in [6.07, 6.45) is 21.5. The summed E-state index contributed by atoms with van der Waals surface area (Å²) in [7, 11) is 0. The van der Waals surface area contributed by atoms with E-state index in [-0.39, 0.29) is 5.92 Å². The number of carbonyl (C=O) groups excluding carboxylic acids is 1. The molecule has 0 heterocycles. The van der Waals surface area contributed by atoms with Crippen LogP contribution in [0.25, 0.3) is 0 Å². The Labute approximate surface area is 135 Å². The van der Waals surface area contributed by atoms with E-state index in [0.717, 1.165) is 51.4 Å². The van der Waals surface area contributed by atoms with Crippen LogP contribution in [-0.2, 0) is 4.79 Å². The Bertz CT molecular complexity index is 439. The van der Waals surface area contributed by atoms with Gasteiger partial charge in [0.25, 0.3) is 0 Å². The summed E-state index contributed by atoms with van der Waals surface area (Å²) in [6, 6.07) is 2.16. The number of hydrogen-bond donors (Lipinski definition) is 0. The van der Waals surface area contributed by atoms with E-state index in [2.05, 4.69) is 49.4 Å². The van der Waals surface area contributed by atoms with Crippen molar-refractivity contribution in [2.24, 2.45) is 11.8 Å². The Kier molecular flexibility index (Phi) is 10.0. The summed E-state index contributed by atoms with van der Waals surface area (Å²) < 4.78 is 0. The van der Waals surface area contributed by atoms with E-state index in [1.54, 1.807) is 0 Å². The molecule has 0 bridgehead atoms. The zero-order valence-electron chi connectivity index (χ0n) is 13.8. The van der Waals surface area contributed by atoms with E-state index in [1.165, 1.54) is 0 Å². The van der Waals surface area contributed by atoms with Crippen LogP contribution in [0.3, 0.4) is 0 Å². The van der Waals surface area contributed by atoms with Gasteiger partial charge in [-0.15, -0.1) is 0 Å². The third-order valence-electron chi connectivity index (χ3n) is 4.15. The van der Waals surface area contributed by atoms with Crippen LogP contribution in [0.15, 0.2) is 36.5 Å². The molecule has 1 saturated carbocycles. The Hall–Kier alpha value is -1.62. The summed E-state index contributed by atoms with van der Waals surface area (Å²) in [6.45, 7) is 2.14. The summed E-state index contributed by atoms with van der Waals surface area (Å²) in [5.74, 6) is 1.00. The summed E-state index contributed by atoms with van der Waals surface area (Å²) in [4.78, 5) is 12.0. The van der Waals surface area contributed by atoms with Crippen molar-refractivity contribution in [2.45, 2.75) is 64.7 Å². The molecule has 120 valence electrons. The van der Waals surface area contributed by atoms with Gasteiger partial charge in [-0.2, -0.15) is 5.26 Å². The molecule has 0 aromatic heterocycles. The fraction of sp³-hybridized carbons (Fsp3) is 0.600. The summed E-state index contributed by atoms with van der Waals surface area (Å²) >= 11 is 0. The van der Waals surface area contributed by atoms with Gasteiger partial charge in [0.2, 0.25) is 0 Å². The molecule has 22 heavy (non-hydrogen) atoms. The van der Waals surface area contributed by atoms with Crippen molar-refractivity contribution in [2.75, 3.05) is 0 Å². The topological polar surface area (TPSA) is 40.9 Å². The standard InChI is InChI=1S/C20H29NO/c1-2-3-4-5-8-11-14-19-18(15-16-20(19)22)13-10-7-6-9-12-17-21/h3-4,7,10-11,14,18-19H,2,5-6,8-9,12-13,15-16H2,1H3/b4-3-,10-7-,14-11+. The van der Waals surface area contributed by atoms with Crippen LogP contribution >= 0.6 is 0 Å². The predicted molar refractivity (Wildman–Crippen MR) is 92.2 cm³/mol. The number of Topliss-reactive ketones (excluding diaryl/α,β-unsaturated/α-hetero) is 1. The van der Waals surface area contributed by atoms with Crippen molar-refractivity contribution in [3.05, 3.63) is 36.5 Å². The first-order chi connectivity index (χ1) is 10.8. The van der Waals surface area contributed by atoms with Crippen LogP contribution in [0.5, 0.6) is 0 Å². The van der Waals surface area contributed by atoms with Gasteiger partial charge >= 0.3 is 0 Å². The van der Waals surface area contributed by atoms with Crippen molar-refractivity contribution < 1.29 is 4.79 Å². The van der Waals surface area contributed by atoms with E-state index in [9.17, 15) is 4.79 Å². The van der Waals surface area contributed by atoms with Crippen LogP contribution in [0, 0.1) is 23.2 Å². The van der Waals surface area contributed by atoms with Gasteiger partial charge < -0.3 is 0 Å². The molecule has 2 atom stereocenters. The van der Waals surface area contributed by atoms with Crippen molar-refractivity contribution in [1.29, 1.82) is 5.26 Å². The number of hydrogen-bond acceptors (Lipinski definition) is 2. The number of rotatable bonds is 10. The lowest BCUT2D eigenvalue weighted by Crippen LogP contribution is -2.11. The minimum atomic E-state index is 0.124. The fourth-order valence-electron chi connectivity index (χ4n) is 2.87. The third kappa shape index (κ3) is 7.41. The second-order valence-corrected chi connectivity index (χ2v) is 5.93. The normalized spacial score (nSPS) is 22.3. The molecule has 0 saturated heterocycles. The maximum Gasteiger partial charge on any atom is 0.140 e. The van der Waals surface area contributed by atoms with E-state index >= 15 is 0 Å². The van der Waals surface area contributed by atoms with Crippen LogP contribution in [0.4, 0.5) is 0 Å². The highest BCUT2D eigenvalue weighted by molar-refractivity contribution is 5.85. The van der Waals surface area contributed by atoms with Crippen LogP contribution < -0.4 is 0 Å². The largest absolute Gasteiger partial charge is 0.299 e. The minimum absolute atomic E-state index is 0.124. The van der Waals surface area contributed by atoms with E-state index in [0.29, 0.717) is 18.1 Å². The molecule has 1 fully saturated rings. The van der Waals surface area contributed by atoms with Crippen LogP contribution in [-0.4, -0.2) is 5.78 Å². The second kappa shape index (κ2) is 12.0. The lowest BCUT2D eigenvalue weighted by atomic mass is 9.91. The molecule has 1 rings (SSSR count). The third-order valence-corrected chi connectivity index (χ3v) is 4.15. The average Bonchev–Trinajstić information content (AvgIpc) is 2.87. The van der Waals surface area contributed by atoms with Crippen molar-refractivity contribution in [3.63, 3.8) is 0 Å². The second-order valence-electron chi connectivity index (χ2n) is 5.93. The lowest BCUT2D eigenvalue weighted by Gasteiger charge is -2.12. The van der Waals surface area contributed by atoms with Gasteiger partial charge in [-0.25, -0.2) is 0 Å². The molecule has 0 radical (unpaired) electrons. The Morgan fingerprint density at radius 2 is 1.91 bits per heavy atom. The minimum Gasteiger partial charge on any atom is -0.299 e. The van der Waals surface area contributed by atoms with E-state index < -0.39 is 0 Å². The fourth-order valence-corrected chi connectivity index (χ4v) is 2.87. The number of nitrogens with zero attached hydrogens (tertiary/aromatic N) is 1. The van der Waals surface area contributed by atoms with Gasteiger partial charge in [0, 0.05) is 18.8 Å². The highest BCUT2D eigenvalue weighted by Crippen LogP contribution is 2.33. The number of carbonyl (C=O) groups is 1. The molecule has 1 aliphatic rings. The first-order valence-electron chi connectivity index (χ1n) is 8.66. The Morgan fingerprint density at radius 1 is 1.14 bits per heavy atom. The molecular formula is C20H29NO. The highest BCUT2D eigenvalue weighted by Gasteiger charge is 2.31. The Balaban J connectivity index is 2.33. The average molecular weight is 299 g/mol. The number of unbranched alkanes of at least 4 members (excludes halogenated alkanes) is 3. The SMILES string of the molecule is CC/C=C\CC/C=C/C1C(=O)CCC1C/C=C\CCCC#N. The van der Waals surface area contributed by atoms with Crippen molar-refractivity contribution in [3.8, 4) is 6.07 Å². The summed E-state index contributed by atoms with van der Waals surface area (Å²) in [5.41, 5.74) is 0. The number of nitriles is 1. The van der Waals surface area contributed by atoms with E-state index in [1.807, 2.05) is 0 Å². The zero-order chi connectivity index (χ0) is 16.0. The Morgan fingerprint density at radius 3 is 2.68 bits per heavy atom. The number of ketones is 1. The lowest BCUT2D eigenvalue weighted by molar-refractivity contribution is -0.119. The molecule has 0 aromatic rings. The molecule has 0 amide bonds. The maximum atomic E-state index is 12.0. The molecule has 1 aliphatic carbocycles. The molecule has 0 aliphatic heterocycles. The summed E-state index contributed by atoms with van der Waals surface area (Å²) in [5, 5.41) is 8.49. The molecule has 2 unspecified atom stereocenters. The highest BCUT2D eigenvalue weighted by atomic mass is 16.1. The van der Waals surface area contributed by atoms with Gasteiger partial charge in [-0.3, -0.25) is 4.79 Å². The number of allylic oxidation sites excluding steroid dienone is 6. The van der Waals surface area contributed by atoms with Crippen LogP contribution in [0.2, 0.25) is 0 Å². The van der Waals surface area contributed by atoms with Crippen molar-refractivity contribution in [1.82, 2.24) is 0 Å². The first kappa shape index (κ1) is 18.4. The van der Waals surface area contributed by atoms with E-state index in [4.69, 9.17) is 5.26 Å². The quantitative estimate of drug-likeness (QED) is 0.393. The molecule has 0 aromatic carbocycles. The maximum absolute atomic E-state index is 12.0. The molecular weight excluding hydrogens is 270 g/mol. The van der Waals surface area contributed by atoms with Gasteiger partial charge in [0.1, 0.15) is 5.78 Å². The first-order valence-corrected chi connectivity index (χ1v) is 8.66. The van der Waals surface area contributed by atoms with Crippen molar-refractivity contribution >= 4 is 5.78 Å². The van der Waals surface area contributed by atoms with Gasteiger partial charge in [0.15, 0.2) is 0 Å². The van der Waals surface area contributed by atoms with Gasteiger partial charge in [0.05, 0.1) is 6.07 Å². The zero-order valence-corrected chi connectivity index (χ0v) is 13.8. The van der Waals surface area contributed by atoms with Crippen LogP contribution in [0.1, 0.15) is 64.7 Å². The van der Waals surface area contributed by atoms with Gasteiger partial charge in [-0.1, -0.05) is 43.4 Å². The van der Waals surface area contributed by atoms with Gasteiger partial charge in [-0.05, 0) is 50.9 Å². The molecule has 0 N–H and O–H groups in total. The predicted octanol–water partition coefficient (Wildman–Crippen LogP) is 5.52. The molecule has 0 spiro atoms. The monoisotopic (exact) mass is 299 g/mol. The molecule has 2 heteroatoms. The molecule has 2 nitrogen and oxygen atoms in total.